The number of benzene rings is 2. The van der Waals surface area contributed by atoms with Crippen LogP contribution in [0.5, 0.6) is 11.5 Å². The lowest BCUT2D eigenvalue weighted by Gasteiger charge is -2.20. The topological polar surface area (TPSA) is 74.7 Å². The molecule has 31 heavy (non-hydrogen) atoms. The summed E-state index contributed by atoms with van der Waals surface area (Å²) in [4.78, 5) is 8.77. The van der Waals surface area contributed by atoms with Gasteiger partial charge in [0.25, 0.3) is 0 Å². The maximum atomic E-state index is 13.9. The fraction of sp³-hybridized carbons (Fsp3) is 0.364. The summed E-state index contributed by atoms with van der Waals surface area (Å²) in [6.07, 6.45) is -1.11. The van der Waals surface area contributed by atoms with E-state index in [1.54, 1.807) is 13.2 Å². The minimum atomic E-state index is -1.13. The van der Waals surface area contributed by atoms with Crippen molar-refractivity contribution >= 4 is 34.0 Å². The number of ether oxygens (including phenoxy) is 4. The van der Waals surface area contributed by atoms with Gasteiger partial charge in [-0.25, -0.2) is 14.4 Å². The Kier molecular flexibility index (Phi) is 5.29. The highest BCUT2D eigenvalue weighted by Crippen LogP contribution is 2.38. The number of aromatic nitrogens is 2. The van der Waals surface area contributed by atoms with E-state index in [0.717, 1.165) is 16.6 Å². The molecule has 2 fully saturated rings. The molecule has 5 rings (SSSR count). The van der Waals surface area contributed by atoms with Gasteiger partial charge in [0.2, 0.25) is 0 Å². The summed E-state index contributed by atoms with van der Waals surface area (Å²) in [5, 5.41) is 4.70. The largest absolute Gasteiger partial charge is 0.493 e. The molecule has 0 spiro atoms. The minimum Gasteiger partial charge on any atom is -0.493 e. The number of halogens is 2. The van der Waals surface area contributed by atoms with Crippen LogP contribution in [0.2, 0.25) is 5.02 Å². The fourth-order valence-corrected chi connectivity index (χ4v) is 4.13. The van der Waals surface area contributed by atoms with E-state index in [2.05, 4.69) is 15.3 Å². The average molecular weight is 446 g/mol. The van der Waals surface area contributed by atoms with Crippen LogP contribution in [-0.4, -0.2) is 54.8 Å². The average Bonchev–Trinajstić information content (AvgIpc) is 3.33. The zero-order valence-electron chi connectivity index (χ0n) is 17.0. The van der Waals surface area contributed by atoms with E-state index in [0.29, 0.717) is 27.9 Å². The Morgan fingerprint density at radius 1 is 1.10 bits per heavy atom. The molecule has 1 aromatic heterocycles. The third-order valence-corrected chi connectivity index (χ3v) is 5.83. The van der Waals surface area contributed by atoms with E-state index in [-0.39, 0.29) is 13.2 Å². The number of hydrogen-bond acceptors (Lipinski definition) is 7. The maximum absolute atomic E-state index is 13.9. The number of nitrogens with one attached hydrogen (secondary N) is 1. The van der Waals surface area contributed by atoms with Gasteiger partial charge in [-0.3, -0.25) is 0 Å². The fourth-order valence-electron chi connectivity index (χ4n) is 3.95. The summed E-state index contributed by atoms with van der Waals surface area (Å²) < 4.78 is 36.6. The van der Waals surface area contributed by atoms with Crippen molar-refractivity contribution in [3.63, 3.8) is 0 Å². The van der Waals surface area contributed by atoms with E-state index < -0.39 is 24.5 Å². The van der Waals surface area contributed by atoms with Crippen LogP contribution in [0.4, 0.5) is 15.9 Å². The highest BCUT2D eigenvalue weighted by molar-refractivity contribution is 6.30. The molecule has 7 nitrogen and oxygen atoms in total. The number of anilines is 2. The van der Waals surface area contributed by atoms with Gasteiger partial charge in [-0.1, -0.05) is 17.7 Å². The Labute approximate surface area is 183 Å². The molecule has 2 saturated heterocycles. The Hall–Kier alpha value is -2.68. The lowest BCUT2D eigenvalue weighted by Crippen LogP contribution is -2.33. The quantitative estimate of drug-likeness (QED) is 0.630. The third-order valence-electron chi connectivity index (χ3n) is 5.60. The summed E-state index contributed by atoms with van der Waals surface area (Å²) in [5.41, 5.74) is 2.54. The molecular formula is C22H21ClFN3O4. The van der Waals surface area contributed by atoms with Crippen molar-refractivity contribution in [2.45, 2.75) is 31.4 Å². The normalized spacial score (nSPS) is 24.9. The number of hydrogen-bond donors (Lipinski definition) is 1. The van der Waals surface area contributed by atoms with Crippen molar-refractivity contribution in [1.29, 1.82) is 0 Å². The molecule has 0 unspecified atom stereocenters. The second-order valence-corrected chi connectivity index (χ2v) is 8.03. The molecule has 2 aliphatic rings. The first-order valence-corrected chi connectivity index (χ1v) is 10.3. The summed E-state index contributed by atoms with van der Waals surface area (Å²) in [5.74, 6) is 1.61. The molecule has 0 amide bonds. The standard InChI is InChI=1S/C22H21ClFN3O4/c1-11-3-4-12(23)5-15(11)27-22-13-6-17(28-2)18(7-16(13)25-10-26-22)31-19-9-30-20-14(24)8-29-21(19)20/h3-7,10,14,19-21H,8-9H2,1-2H3,(H,25,26,27)/t14-,19-,20+,21+/m1/s1. The third kappa shape index (κ3) is 3.75. The van der Waals surface area contributed by atoms with Crippen LogP contribution >= 0.6 is 11.6 Å². The Morgan fingerprint density at radius 2 is 1.94 bits per heavy atom. The Morgan fingerprint density at radius 3 is 2.77 bits per heavy atom. The molecule has 2 aliphatic heterocycles. The van der Waals surface area contributed by atoms with Gasteiger partial charge in [0.05, 0.1) is 25.8 Å². The van der Waals surface area contributed by atoms with Gasteiger partial charge < -0.3 is 24.3 Å². The molecule has 4 atom stereocenters. The number of nitrogens with zero attached hydrogens (tertiary/aromatic N) is 2. The second kappa shape index (κ2) is 8.11. The number of aryl methyl sites for hydroxylation is 1. The highest BCUT2D eigenvalue weighted by Gasteiger charge is 2.49. The van der Waals surface area contributed by atoms with Crippen LogP contribution in [0.1, 0.15) is 5.56 Å². The SMILES string of the molecule is COc1cc2c(Nc3cc(Cl)ccc3C)ncnc2cc1O[C@@H]1CO[C@@H]2[C@H]1OC[C@H]2F. The van der Waals surface area contributed by atoms with Crippen LogP contribution in [0, 0.1) is 6.92 Å². The first kappa shape index (κ1) is 20.2. The van der Waals surface area contributed by atoms with Gasteiger partial charge in [0.1, 0.15) is 24.4 Å². The summed E-state index contributed by atoms with van der Waals surface area (Å²) >= 11 is 6.14. The van der Waals surface area contributed by atoms with Crippen molar-refractivity contribution in [3.05, 3.63) is 47.2 Å². The molecule has 0 saturated carbocycles. The molecule has 3 aromatic rings. The molecule has 0 bridgehead atoms. The predicted molar refractivity (Wildman–Crippen MR) is 114 cm³/mol. The van der Waals surface area contributed by atoms with Gasteiger partial charge in [-0.05, 0) is 30.7 Å². The van der Waals surface area contributed by atoms with Gasteiger partial charge in [0, 0.05) is 22.2 Å². The van der Waals surface area contributed by atoms with Crippen LogP contribution in [-0.2, 0) is 9.47 Å². The summed E-state index contributed by atoms with van der Waals surface area (Å²) in [6, 6.07) is 9.21. The predicted octanol–water partition coefficient (Wildman–Crippen LogP) is 4.23. The van der Waals surface area contributed by atoms with E-state index in [1.165, 1.54) is 6.33 Å². The van der Waals surface area contributed by atoms with E-state index in [9.17, 15) is 4.39 Å². The van der Waals surface area contributed by atoms with Crippen LogP contribution < -0.4 is 14.8 Å². The van der Waals surface area contributed by atoms with Crippen LogP contribution in [0.3, 0.4) is 0 Å². The molecule has 9 heteroatoms. The first-order chi connectivity index (χ1) is 15.0. The monoisotopic (exact) mass is 445 g/mol. The van der Waals surface area contributed by atoms with Crippen LogP contribution in [0.25, 0.3) is 10.9 Å². The smallest absolute Gasteiger partial charge is 0.164 e. The number of fused-ring (bicyclic) bond motifs is 2. The van der Waals surface area contributed by atoms with Crippen molar-refractivity contribution in [2.24, 2.45) is 0 Å². The van der Waals surface area contributed by atoms with Crippen molar-refractivity contribution < 1.29 is 23.3 Å². The molecule has 162 valence electrons. The zero-order valence-corrected chi connectivity index (χ0v) is 17.7. The molecule has 3 heterocycles. The highest BCUT2D eigenvalue weighted by atomic mass is 35.5. The summed E-state index contributed by atoms with van der Waals surface area (Å²) in [7, 11) is 1.56. The van der Waals surface area contributed by atoms with E-state index in [1.807, 2.05) is 31.2 Å². The van der Waals surface area contributed by atoms with Gasteiger partial charge in [0.15, 0.2) is 23.8 Å². The van der Waals surface area contributed by atoms with Crippen LogP contribution in [0.15, 0.2) is 36.7 Å². The minimum absolute atomic E-state index is 0.0230. The zero-order chi connectivity index (χ0) is 21.5. The lowest BCUT2D eigenvalue weighted by atomic mass is 10.1. The second-order valence-electron chi connectivity index (χ2n) is 7.59. The van der Waals surface area contributed by atoms with Crippen molar-refractivity contribution in [3.8, 4) is 11.5 Å². The lowest BCUT2D eigenvalue weighted by molar-refractivity contribution is 0.0271. The Balaban J connectivity index is 1.47. The van der Waals surface area contributed by atoms with Gasteiger partial charge in [-0.2, -0.15) is 0 Å². The Bertz CT molecular complexity index is 1130. The first-order valence-electron chi connectivity index (χ1n) is 9.93. The molecule has 1 N–H and O–H groups in total. The van der Waals surface area contributed by atoms with E-state index >= 15 is 0 Å². The van der Waals surface area contributed by atoms with E-state index in [4.69, 9.17) is 30.5 Å². The summed E-state index contributed by atoms with van der Waals surface area (Å²) in [6.45, 7) is 2.26. The molecule has 0 radical (unpaired) electrons. The molecule has 0 aliphatic carbocycles. The van der Waals surface area contributed by atoms with Crippen molar-refractivity contribution in [1.82, 2.24) is 9.97 Å². The van der Waals surface area contributed by atoms with Crippen molar-refractivity contribution in [2.75, 3.05) is 25.6 Å². The maximum Gasteiger partial charge on any atom is 0.164 e. The van der Waals surface area contributed by atoms with Gasteiger partial charge >= 0.3 is 0 Å². The van der Waals surface area contributed by atoms with Gasteiger partial charge in [-0.15, -0.1) is 0 Å². The number of methoxy groups -OCH3 is 1. The number of rotatable bonds is 5. The number of alkyl halides is 1. The molecule has 2 aromatic carbocycles. The molecular weight excluding hydrogens is 425 g/mol.